The van der Waals surface area contributed by atoms with E-state index in [4.69, 9.17) is 6.42 Å². The van der Waals surface area contributed by atoms with Crippen molar-refractivity contribution in [1.29, 1.82) is 0 Å². The molecule has 80 valence electrons. The molecule has 0 spiro atoms. The van der Waals surface area contributed by atoms with Gasteiger partial charge in [0, 0.05) is 23.1 Å². The van der Waals surface area contributed by atoms with Crippen molar-refractivity contribution in [3.8, 4) is 12.3 Å². The van der Waals surface area contributed by atoms with Gasteiger partial charge in [-0.3, -0.25) is 0 Å². The van der Waals surface area contributed by atoms with Crippen LogP contribution in [-0.4, -0.2) is 18.8 Å². The van der Waals surface area contributed by atoms with Crippen molar-refractivity contribution in [2.24, 2.45) is 0 Å². The molecule has 1 atom stereocenters. The number of hydrogen-bond donors (Lipinski definition) is 1. The molecule has 0 fully saturated rings. The third-order valence-corrected chi connectivity index (χ3v) is 3.21. The third kappa shape index (κ3) is 4.37. The third-order valence-electron chi connectivity index (χ3n) is 2.04. The van der Waals surface area contributed by atoms with E-state index in [0.717, 1.165) is 10.6 Å². The van der Waals surface area contributed by atoms with E-state index in [1.165, 1.54) is 12.1 Å². The summed E-state index contributed by atoms with van der Waals surface area (Å²) in [6, 6.07) is 6.81. The molecule has 15 heavy (non-hydrogen) atoms. The Morgan fingerprint density at radius 2 is 2.13 bits per heavy atom. The predicted octanol–water partition coefficient (Wildman–Crippen LogP) is 2.53. The van der Waals surface area contributed by atoms with Crippen molar-refractivity contribution in [2.45, 2.75) is 17.4 Å². The topological polar surface area (TPSA) is 12.0 Å². The minimum absolute atomic E-state index is 0.201. The van der Waals surface area contributed by atoms with Crippen LogP contribution < -0.4 is 5.32 Å². The Morgan fingerprint density at radius 1 is 1.47 bits per heavy atom. The van der Waals surface area contributed by atoms with Gasteiger partial charge in [0.05, 0.1) is 0 Å². The van der Waals surface area contributed by atoms with E-state index in [-0.39, 0.29) is 5.82 Å². The second kappa shape index (κ2) is 6.49. The standard InChI is InChI=1S/C12H14FNS/c1-3-4-11(14-2)9-15-12-7-5-10(13)6-8-12/h1,5-8,11,14H,4,9H2,2H3. The quantitative estimate of drug-likeness (QED) is 0.608. The maximum atomic E-state index is 12.6. The molecule has 0 aliphatic rings. The Kier molecular flexibility index (Phi) is 5.23. The van der Waals surface area contributed by atoms with Crippen LogP contribution in [0, 0.1) is 18.2 Å². The summed E-state index contributed by atoms with van der Waals surface area (Å²) < 4.78 is 12.6. The number of thioether (sulfide) groups is 1. The van der Waals surface area contributed by atoms with Gasteiger partial charge in [-0.15, -0.1) is 24.1 Å². The van der Waals surface area contributed by atoms with Crippen molar-refractivity contribution in [2.75, 3.05) is 12.8 Å². The largest absolute Gasteiger partial charge is 0.315 e. The molecule has 1 N–H and O–H groups in total. The van der Waals surface area contributed by atoms with Gasteiger partial charge in [0.2, 0.25) is 0 Å². The minimum Gasteiger partial charge on any atom is -0.315 e. The molecule has 3 heteroatoms. The molecule has 0 radical (unpaired) electrons. The van der Waals surface area contributed by atoms with Crippen molar-refractivity contribution in [1.82, 2.24) is 5.32 Å². The summed E-state index contributed by atoms with van der Waals surface area (Å²) in [5.41, 5.74) is 0. The average molecular weight is 223 g/mol. The van der Waals surface area contributed by atoms with Crippen molar-refractivity contribution in [3.63, 3.8) is 0 Å². The Labute approximate surface area is 94.5 Å². The van der Waals surface area contributed by atoms with Crippen LogP contribution in [0.1, 0.15) is 6.42 Å². The molecule has 1 aromatic rings. The molecule has 0 aromatic heterocycles. The van der Waals surface area contributed by atoms with Gasteiger partial charge in [0.1, 0.15) is 5.82 Å². The summed E-state index contributed by atoms with van der Waals surface area (Å²) in [5, 5.41) is 3.15. The van der Waals surface area contributed by atoms with Gasteiger partial charge in [-0.05, 0) is 31.3 Å². The summed E-state index contributed by atoms with van der Waals surface area (Å²) >= 11 is 1.68. The van der Waals surface area contributed by atoms with E-state index in [9.17, 15) is 4.39 Å². The number of rotatable bonds is 5. The number of nitrogens with one attached hydrogen (secondary N) is 1. The van der Waals surface area contributed by atoms with E-state index >= 15 is 0 Å². The maximum Gasteiger partial charge on any atom is 0.123 e. The Hall–Kier alpha value is -0.980. The van der Waals surface area contributed by atoms with E-state index in [1.54, 1.807) is 23.9 Å². The minimum atomic E-state index is -0.201. The highest BCUT2D eigenvalue weighted by Gasteiger charge is 2.04. The Morgan fingerprint density at radius 3 is 2.67 bits per heavy atom. The van der Waals surface area contributed by atoms with Gasteiger partial charge < -0.3 is 5.32 Å². The van der Waals surface area contributed by atoms with Crippen LogP contribution in [0.2, 0.25) is 0 Å². The zero-order chi connectivity index (χ0) is 11.1. The predicted molar refractivity (Wildman–Crippen MR) is 63.4 cm³/mol. The van der Waals surface area contributed by atoms with Gasteiger partial charge in [0.25, 0.3) is 0 Å². The second-order valence-corrected chi connectivity index (χ2v) is 4.25. The zero-order valence-corrected chi connectivity index (χ0v) is 9.48. The first-order valence-corrected chi connectivity index (χ1v) is 5.74. The highest BCUT2D eigenvalue weighted by Crippen LogP contribution is 2.19. The van der Waals surface area contributed by atoms with Crippen LogP contribution >= 0.6 is 11.8 Å². The SMILES string of the molecule is C#CCC(CSc1ccc(F)cc1)NC. The normalized spacial score (nSPS) is 12.1. The first-order valence-electron chi connectivity index (χ1n) is 4.75. The summed E-state index contributed by atoms with van der Waals surface area (Å²) in [7, 11) is 1.90. The van der Waals surface area contributed by atoms with E-state index in [2.05, 4.69) is 11.2 Å². The van der Waals surface area contributed by atoms with E-state index in [0.29, 0.717) is 12.5 Å². The molecule has 1 unspecified atom stereocenters. The molecule has 0 aliphatic heterocycles. The zero-order valence-electron chi connectivity index (χ0n) is 8.66. The molecule has 0 amide bonds. The first kappa shape index (κ1) is 12.1. The van der Waals surface area contributed by atoms with Crippen LogP contribution in [0.5, 0.6) is 0 Å². The molecule has 0 saturated carbocycles. The molecule has 1 rings (SSSR count). The van der Waals surface area contributed by atoms with Crippen LogP contribution in [0.3, 0.4) is 0 Å². The summed E-state index contributed by atoms with van der Waals surface area (Å²) in [5.74, 6) is 3.32. The van der Waals surface area contributed by atoms with Crippen molar-refractivity contribution < 1.29 is 4.39 Å². The lowest BCUT2D eigenvalue weighted by Gasteiger charge is -2.12. The average Bonchev–Trinajstić information content (AvgIpc) is 2.26. The lowest BCUT2D eigenvalue weighted by Crippen LogP contribution is -2.26. The second-order valence-electron chi connectivity index (χ2n) is 3.16. The monoisotopic (exact) mass is 223 g/mol. The van der Waals surface area contributed by atoms with Crippen LogP contribution in [0.25, 0.3) is 0 Å². The molecule has 1 nitrogen and oxygen atoms in total. The smallest absolute Gasteiger partial charge is 0.123 e. The lowest BCUT2D eigenvalue weighted by molar-refractivity contribution is 0.626. The van der Waals surface area contributed by atoms with Crippen LogP contribution in [-0.2, 0) is 0 Å². The summed E-state index contributed by atoms with van der Waals surface area (Å²) in [6.07, 6.45) is 5.96. The van der Waals surface area contributed by atoms with Gasteiger partial charge in [-0.25, -0.2) is 4.39 Å². The Bertz CT molecular complexity index is 328. The number of halogens is 1. The van der Waals surface area contributed by atoms with Crippen molar-refractivity contribution in [3.05, 3.63) is 30.1 Å². The first-order chi connectivity index (χ1) is 7.26. The number of benzene rings is 1. The lowest BCUT2D eigenvalue weighted by atomic mass is 10.2. The number of terminal acetylenes is 1. The molecule has 0 bridgehead atoms. The van der Waals surface area contributed by atoms with Gasteiger partial charge >= 0.3 is 0 Å². The highest BCUT2D eigenvalue weighted by molar-refractivity contribution is 7.99. The fourth-order valence-electron chi connectivity index (χ4n) is 1.11. The van der Waals surface area contributed by atoms with Gasteiger partial charge in [-0.1, -0.05) is 0 Å². The van der Waals surface area contributed by atoms with E-state index < -0.39 is 0 Å². The van der Waals surface area contributed by atoms with Crippen LogP contribution in [0.15, 0.2) is 29.2 Å². The van der Waals surface area contributed by atoms with Crippen LogP contribution in [0.4, 0.5) is 4.39 Å². The highest BCUT2D eigenvalue weighted by atomic mass is 32.2. The molecular formula is C12H14FNS. The van der Waals surface area contributed by atoms with Crippen molar-refractivity contribution >= 4 is 11.8 Å². The maximum absolute atomic E-state index is 12.6. The molecule has 0 saturated heterocycles. The Balaban J connectivity index is 2.42. The number of hydrogen-bond acceptors (Lipinski definition) is 2. The fraction of sp³-hybridized carbons (Fsp3) is 0.333. The molecule has 1 aromatic carbocycles. The molecule has 0 heterocycles. The van der Waals surface area contributed by atoms with Gasteiger partial charge in [-0.2, -0.15) is 0 Å². The van der Waals surface area contributed by atoms with Gasteiger partial charge in [0.15, 0.2) is 0 Å². The van der Waals surface area contributed by atoms with E-state index in [1.807, 2.05) is 7.05 Å². The summed E-state index contributed by atoms with van der Waals surface area (Å²) in [4.78, 5) is 1.06. The fourth-order valence-corrected chi connectivity index (χ4v) is 2.12. The molecule has 0 aliphatic carbocycles. The summed E-state index contributed by atoms with van der Waals surface area (Å²) in [6.45, 7) is 0. The molecular weight excluding hydrogens is 209 g/mol.